The highest BCUT2D eigenvalue weighted by Crippen LogP contribution is 2.42. The number of carbonyl (C=O) groups excluding carboxylic acids is 2. The predicted molar refractivity (Wildman–Crippen MR) is 115 cm³/mol. The molecular formula is C24H21FN2O5. The molecule has 2 heterocycles. The molecule has 0 spiro atoms. The van der Waals surface area contributed by atoms with Crippen molar-refractivity contribution in [1.29, 1.82) is 0 Å². The fraction of sp³-hybridized carbons (Fsp3) is 0.208. The van der Waals surface area contributed by atoms with Gasteiger partial charge in [-0.05, 0) is 55.3 Å². The molecule has 32 heavy (non-hydrogen) atoms. The number of amides is 1. The lowest BCUT2D eigenvalue weighted by atomic mass is 9.95. The van der Waals surface area contributed by atoms with Crippen molar-refractivity contribution >= 4 is 23.3 Å². The van der Waals surface area contributed by atoms with E-state index in [1.807, 2.05) is 6.92 Å². The Morgan fingerprint density at radius 2 is 1.84 bits per heavy atom. The highest BCUT2D eigenvalue weighted by Gasteiger charge is 2.48. The van der Waals surface area contributed by atoms with Gasteiger partial charge in [-0.1, -0.05) is 24.2 Å². The summed E-state index contributed by atoms with van der Waals surface area (Å²) in [5.41, 5.74) is 0.662. The number of ketones is 1. The Balaban J connectivity index is 1.83. The average Bonchev–Trinajstić information content (AvgIpc) is 3.33. The second kappa shape index (κ2) is 8.66. The Morgan fingerprint density at radius 3 is 2.44 bits per heavy atom. The first-order chi connectivity index (χ1) is 15.4. The fourth-order valence-corrected chi connectivity index (χ4v) is 3.58. The SMILES string of the molecule is CCCOc1ccc(/C(O)=C2/C(=O)C(=O)N(c3cc(C)on3)C2c2ccc(F)cc2)cc1. The Morgan fingerprint density at radius 1 is 1.16 bits per heavy atom. The van der Waals surface area contributed by atoms with Crippen LogP contribution in [-0.4, -0.2) is 28.6 Å². The van der Waals surface area contributed by atoms with Crippen molar-refractivity contribution in [1.82, 2.24) is 5.16 Å². The van der Waals surface area contributed by atoms with E-state index in [2.05, 4.69) is 5.16 Å². The summed E-state index contributed by atoms with van der Waals surface area (Å²) >= 11 is 0. The lowest BCUT2D eigenvalue weighted by Crippen LogP contribution is -2.29. The van der Waals surface area contributed by atoms with E-state index >= 15 is 0 Å². The number of aromatic nitrogens is 1. The average molecular weight is 436 g/mol. The summed E-state index contributed by atoms with van der Waals surface area (Å²) in [5.74, 6) is -1.35. The Labute approximate surface area is 183 Å². The molecule has 1 aliphatic heterocycles. The minimum Gasteiger partial charge on any atom is -0.507 e. The second-order valence-electron chi connectivity index (χ2n) is 7.39. The molecule has 164 valence electrons. The third-order valence-corrected chi connectivity index (χ3v) is 5.09. The molecule has 1 fully saturated rings. The largest absolute Gasteiger partial charge is 0.507 e. The van der Waals surface area contributed by atoms with E-state index in [1.165, 1.54) is 30.3 Å². The van der Waals surface area contributed by atoms with Gasteiger partial charge < -0.3 is 14.4 Å². The standard InChI is InChI=1S/C24H21FN2O5/c1-3-12-31-18-10-6-16(7-11-18)22(28)20-21(15-4-8-17(25)9-5-15)27(24(30)23(20)29)19-13-14(2)32-26-19/h4-11,13,21,28H,3,12H2,1-2H3/b22-20-. The van der Waals surface area contributed by atoms with E-state index < -0.39 is 23.5 Å². The van der Waals surface area contributed by atoms with Crippen LogP contribution in [0.4, 0.5) is 10.2 Å². The maximum absolute atomic E-state index is 13.5. The Bertz CT molecular complexity index is 1180. The summed E-state index contributed by atoms with van der Waals surface area (Å²) in [6.07, 6.45) is 0.852. The molecule has 1 unspecified atom stereocenters. The summed E-state index contributed by atoms with van der Waals surface area (Å²) in [5, 5.41) is 14.9. The minimum absolute atomic E-state index is 0.121. The minimum atomic E-state index is -1.00. The molecule has 0 bridgehead atoms. The molecule has 0 saturated carbocycles. The van der Waals surface area contributed by atoms with Crippen LogP contribution in [0, 0.1) is 12.7 Å². The summed E-state index contributed by atoms with van der Waals surface area (Å²) in [4.78, 5) is 27.1. The van der Waals surface area contributed by atoms with Gasteiger partial charge in [0, 0.05) is 11.6 Å². The summed E-state index contributed by atoms with van der Waals surface area (Å²) in [7, 11) is 0. The van der Waals surface area contributed by atoms with Gasteiger partial charge in [0.25, 0.3) is 5.78 Å². The zero-order valence-corrected chi connectivity index (χ0v) is 17.5. The smallest absolute Gasteiger partial charge is 0.301 e. The number of aliphatic hydroxyl groups excluding tert-OH is 1. The first kappa shape index (κ1) is 21.3. The lowest BCUT2D eigenvalue weighted by Gasteiger charge is -2.22. The molecular weight excluding hydrogens is 415 g/mol. The number of hydrogen-bond acceptors (Lipinski definition) is 6. The van der Waals surface area contributed by atoms with Gasteiger partial charge in [-0.3, -0.25) is 14.5 Å². The quantitative estimate of drug-likeness (QED) is 0.347. The predicted octanol–water partition coefficient (Wildman–Crippen LogP) is 4.54. The zero-order valence-electron chi connectivity index (χ0n) is 17.5. The van der Waals surface area contributed by atoms with Crippen LogP contribution in [0.5, 0.6) is 5.75 Å². The fourth-order valence-electron chi connectivity index (χ4n) is 3.58. The first-order valence-corrected chi connectivity index (χ1v) is 10.1. The first-order valence-electron chi connectivity index (χ1n) is 10.1. The van der Waals surface area contributed by atoms with Crippen LogP contribution >= 0.6 is 0 Å². The van der Waals surface area contributed by atoms with Gasteiger partial charge in [-0.25, -0.2) is 4.39 Å². The number of nitrogens with zero attached hydrogens (tertiary/aromatic N) is 2. The maximum atomic E-state index is 13.5. The van der Waals surface area contributed by atoms with Gasteiger partial charge in [-0.15, -0.1) is 0 Å². The van der Waals surface area contributed by atoms with E-state index in [0.717, 1.165) is 11.3 Å². The van der Waals surface area contributed by atoms with Crippen LogP contribution in [0.15, 0.2) is 64.7 Å². The number of hydrogen-bond donors (Lipinski definition) is 1. The van der Waals surface area contributed by atoms with Crippen molar-refractivity contribution in [3.8, 4) is 5.75 Å². The molecule has 8 heteroatoms. The molecule has 2 aromatic carbocycles. The van der Waals surface area contributed by atoms with E-state index in [9.17, 15) is 19.1 Å². The van der Waals surface area contributed by atoms with Crippen LogP contribution in [0.2, 0.25) is 0 Å². The number of benzene rings is 2. The lowest BCUT2D eigenvalue weighted by molar-refractivity contribution is -0.132. The van der Waals surface area contributed by atoms with Crippen LogP contribution < -0.4 is 9.64 Å². The molecule has 1 atom stereocenters. The summed E-state index contributed by atoms with van der Waals surface area (Å²) < 4.78 is 24.2. The molecule has 1 saturated heterocycles. The van der Waals surface area contributed by atoms with Crippen molar-refractivity contribution in [3.05, 3.63) is 82.9 Å². The van der Waals surface area contributed by atoms with Gasteiger partial charge in [0.1, 0.15) is 23.1 Å². The maximum Gasteiger partial charge on any atom is 0.301 e. The molecule has 0 radical (unpaired) electrons. The highest BCUT2D eigenvalue weighted by molar-refractivity contribution is 6.51. The molecule has 1 amide bonds. The number of anilines is 1. The van der Waals surface area contributed by atoms with Crippen LogP contribution in [0.3, 0.4) is 0 Å². The van der Waals surface area contributed by atoms with Crippen molar-refractivity contribution in [2.24, 2.45) is 0 Å². The number of carbonyl (C=O) groups is 2. The number of halogens is 1. The molecule has 1 aromatic heterocycles. The van der Waals surface area contributed by atoms with Gasteiger partial charge in [0.05, 0.1) is 18.2 Å². The van der Waals surface area contributed by atoms with Gasteiger partial charge >= 0.3 is 5.91 Å². The van der Waals surface area contributed by atoms with Crippen LogP contribution in [-0.2, 0) is 9.59 Å². The summed E-state index contributed by atoms with van der Waals surface area (Å²) in [6.45, 7) is 4.20. The molecule has 7 nitrogen and oxygen atoms in total. The molecule has 1 N–H and O–H groups in total. The topological polar surface area (TPSA) is 92.9 Å². The zero-order chi connectivity index (χ0) is 22.8. The van der Waals surface area contributed by atoms with E-state index in [0.29, 0.717) is 29.2 Å². The van der Waals surface area contributed by atoms with Crippen molar-refractivity contribution in [2.75, 3.05) is 11.5 Å². The van der Waals surface area contributed by atoms with Gasteiger partial charge in [0.15, 0.2) is 5.82 Å². The summed E-state index contributed by atoms with van der Waals surface area (Å²) in [6, 6.07) is 12.4. The number of ether oxygens (including phenoxy) is 1. The van der Waals surface area contributed by atoms with E-state index in [4.69, 9.17) is 9.26 Å². The van der Waals surface area contributed by atoms with Crippen molar-refractivity contribution in [2.45, 2.75) is 26.3 Å². The molecule has 0 aliphatic carbocycles. The van der Waals surface area contributed by atoms with Gasteiger partial charge in [0.2, 0.25) is 0 Å². The van der Waals surface area contributed by atoms with Crippen molar-refractivity contribution < 1.29 is 28.3 Å². The van der Waals surface area contributed by atoms with Crippen LogP contribution in [0.25, 0.3) is 5.76 Å². The normalized spacial score (nSPS) is 17.7. The number of aryl methyl sites for hydroxylation is 1. The van der Waals surface area contributed by atoms with Crippen molar-refractivity contribution in [3.63, 3.8) is 0 Å². The highest BCUT2D eigenvalue weighted by atomic mass is 19.1. The number of rotatable bonds is 6. The molecule has 4 rings (SSSR count). The number of aliphatic hydroxyl groups is 1. The Hall–Kier alpha value is -3.94. The number of Topliss-reactive ketones (excluding diaryl/α,β-unsaturated/α-hetero) is 1. The van der Waals surface area contributed by atoms with Gasteiger partial charge in [-0.2, -0.15) is 0 Å². The second-order valence-corrected chi connectivity index (χ2v) is 7.39. The van der Waals surface area contributed by atoms with E-state index in [-0.39, 0.29) is 17.2 Å². The molecule has 3 aromatic rings. The monoisotopic (exact) mass is 436 g/mol. The van der Waals surface area contributed by atoms with E-state index in [1.54, 1.807) is 31.2 Å². The third-order valence-electron chi connectivity index (χ3n) is 5.09. The third kappa shape index (κ3) is 3.87. The molecule has 1 aliphatic rings. The van der Waals surface area contributed by atoms with Crippen LogP contribution in [0.1, 0.15) is 36.3 Å². The Kier molecular flexibility index (Phi) is 5.77.